The fourth-order valence-corrected chi connectivity index (χ4v) is 3.23. The van der Waals surface area contributed by atoms with Gasteiger partial charge < -0.3 is 0 Å². The average molecular weight is 472 g/mol. The van der Waals surface area contributed by atoms with Crippen molar-refractivity contribution in [2.75, 3.05) is 0 Å². The average Bonchev–Trinajstić information content (AvgIpc) is 2.79. The molecule has 0 aliphatic carbocycles. The van der Waals surface area contributed by atoms with E-state index < -0.39 is 0 Å². The lowest BCUT2D eigenvalue weighted by Crippen LogP contribution is -1.98. The third kappa shape index (κ3) is 14.9. The Morgan fingerprint density at radius 2 is 1.31 bits per heavy atom. The van der Waals surface area contributed by atoms with Crippen molar-refractivity contribution >= 4 is 11.8 Å². The van der Waals surface area contributed by atoms with E-state index in [1.54, 1.807) is 0 Å². The molecule has 1 nitrogen and oxygen atoms in total. The SMILES string of the molecule is C#CC(C)C(/C=C(\C)c1ccc(CC(C)C)cc1)=C(/C)N=CC.CC(C)C.Cc1ccc(C)cc1. The van der Waals surface area contributed by atoms with Crippen LogP contribution in [0.2, 0.25) is 0 Å². The summed E-state index contributed by atoms with van der Waals surface area (Å²) in [5, 5.41) is 0. The number of benzene rings is 2. The van der Waals surface area contributed by atoms with Gasteiger partial charge in [0.05, 0.1) is 0 Å². The van der Waals surface area contributed by atoms with E-state index >= 15 is 0 Å². The maximum absolute atomic E-state index is 5.62. The van der Waals surface area contributed by atoms with E-state index in [4.69, 9.17) is 6.42 Å². The molecule has 2 aromatic carbocycles. The van der Waals surface area contributed by atoms with Gasteiger partial charge in [0.25, 0.3) is 0 Å². The van der Waals surface area contributed by atoms with Gasteiger partial charge in [-0.05, 0) is 82.1 Å². The summed E-state index contributed by atoms with van der Waals surface area (Å²) in [5.74, 6) is 4.38. The number of hydrogen-bond acceptors (Lipinski definition) is 1. The minimum absolute atomic E-state index is 0.0499. The standard InChI is InChI=1S/C22H29N.C8H10.C4H10/c1-8-17(5)22(19(7)23-9-2)15-18(6)21-12-10-20(11-13-21)14-16(3)4;1-7-3-5-8(2)6-4-7;1-4(2)3/h1,9-13,15-17H,14H2,2-7H3;3-6H,1-2H3;4H,1-3H3/b18-15+,22-19-,23-9?;;. The molecule has 2 aromatic rings. The fourth-order valence-electron chi connectivity index (χ4n) is 3.23. The summed E-state index contributed by atoms with van der Waals surface area (Å²) in [5.41, 5.74) is 8.57. The third-order valence-electron chi connectivity index (χ3n) is 5.10. The highest BCUT2D eigenvalue weighted by atomic mass is 14.7. The molecule has 0 N–H and O–H groups in total. The van der Waals surface area contributed by atoms with Crippen LogP contribution in [-0.2, 0) is 6.42 Å². The number of aryl methyl sites for hydroxylation is 2. The van der Waals surface area contributed by atoms with Crippen LogP contribution < -0.4 is 0 Å². The van der Waals surface area contributed by atoms with Crippen molar-refractivity contribution < 1.29 is 0 Å². The maximum atomic E-state index is 5.62. The molecule has 0 radical (unpaired) electrons. The molecule has 0 heterocycles. The Kier molecular flexibility index (Phi) is 16.1. The van der Waals surface area contributed by atoms with Crippen molar-refractivity contribution in [2.24, 2.45) is 22.7 Å². The van der Waals surface area contributed by atoms with Crippen molar-refractivity contribution in [3.05, 3.63) is 88.1 Å². The molecule has 2 rings (SSSR count). The molecule has 0 aliphatic rings. The Balaban J connectivity index is 0.000000785. The zero-order valence-corrected chi connectivity index (χ0v) is 24.2. The fraction of sp³-hybridized carbons (Fsp3) is 0.441. The van der Waals surface area contributed by atoms with E-state index in [2.05, 4.69) is 121 Å². The van der Waals surface area contributed by atoms with Crippen molar-refractivity contribution in [1.29, 1.82) is 0 Å². The zero-order valence-electron chi connectivity index (χ0n) is 24.2. The molecule has 0 bridgehead atoms. The van der Waals surface area contributed by atoms with Crippen LogP contribution in [0.15, 0.2) is 70.9 Å². The lowest BCUT2D eigenvalue weighted by atomic mass is 9.94. The number of aliphatic imine (C=N–C) groups is 1. The van der Waals surface area contributed by atoms with Crippen molar-refractivity contribution in [3.63, 3.8) is 0 Å². The van der Waals surface area contributed by atoms with Gasteiger partial charge in [-0.1, -0.05) is 106 Å². The maximum Gasteiger partial charge on any atom is 0.0439 e. The molecule has 0 aliphatic heterocycles. The Bertz CT molecular complexity index is 951. The molecule has 0 aromatic heterocycles. The number of nitrogens with zero attached hydrogens (tertiary/aromatic N) is 1. The first-order chi connectivity index (χ1) is 16.4. The van der Waals surface area contributed by atoms with Gasteiger partial charge in [0.1, 0.15) is 0 Å². The highest BCUT2D eigenvalue weighted by Crippen LogP contribution is 2.24. The summed E-state index contributed by atoms with van der Waals surface area (Å²) < 4.78 is 0. The summed E-state index contributed by atoms with van der Waals surface area (Å²) in [6.07, 6.45) is 10.7. The molecule has 0 saturated heterocycles. The van der Waals surface area contributed by atoms with Gasteiger partial charge in [-0.15, -0.1) is 6.42 Å². The number of rotatable bonds is 6. The summed E-state index contributed by atoms with van der Waals surface area (Å²) >= 11 is 0. The van der Waals surface area contributed by atoms with Crippen molar-refractivity contribution in [2.45, 2.75) is 82.6 Å². The summed E-state index contributed by atoms with van der Waals surface area (Å²) in [4.78, 5) is 4.40. The minimum atomic E-state index is 0.0499. The molecule has 35 heavy (non-hydrogen) atoms. The predicted molar refractivity (Wildman–Crippen MR) is 160 cm³/mol. The van der Waals surface area contributed by atoms with E-state index in [0.29, 0.717) is 5.92 Å². The Labute approximate surface area is 217 Å². The van der Waals surface area contributed by atoms with Gasteiger partial charge in [-0.3, -0.25) is 4.99 Å². The Hall–Kier alpha value is -2.85. The lowest BCUT2D eigenvalue weighted by Gasteiger charge is -2.12. The second-order valence-electron chi connectivity index (χ2n) is 10.3. The second kappa shape index (κ2) is 17.6. The Morgan fingerprint density at radius 1 is 0.857 bits per heavy atom. The van der Waals surface area contributed by atoms with Crippen LogP contribution in [0, 0.1) is 43.9 Å². The molecule has 1 unspecified atom stereocenters. The van der Waals surface area contributed by atoms with Gasteiger partial charge in [0, 0.05) is 17.8 Å². The van der Waals surface area contributed by atoms with E-state index in [-0.39, 0.29) is 5.92 Å². The molecule has 1 heteroatoms. The Morgan fingerprint density at radius 3 is 1.69 bits per heavy atom. The van der Waals surface area contributed by atoms with E-state index in [9.17, 15) is 0 Å². The molecule has 190 valence electrons. The monoisotopic (exact) mass is 471 g/mol. The molecule has 1 atom stereocenters. The molecular weight excluding hydrogens is 422 g/mol. The molecule has 0 amide bonds. The zero-order chi connectivity index (χ0) is 27.0. The number of hydrogen-bond donors (Lipinski definition) is 0. The summed E-state index contributed by atoms with van der Waals surface area (Å²) in [6, 6.07) is 17.3. The summed E-state index contributed by atoms with van der Waals surface area (Å²) in [7, 11) is 0. The molecule has 0 spiro atoms. The van der Waals surface area contributed by atoms with Crippen LogP contribution in [0.4, 0.5) is 0 Å². The first kappa shape index (κ1) is 32.1. The van der Waals surface area contributed by atoms with Crippen LogP contribution in [0.1, 0.15) is 84.6 Å². The third-order valence-corrected chi connectivity index (χ3v) is 5.10. The highest BCUT2D eigenvalue weighted by molar-refractivity contribution is 5.67. The number of terminal acetylenes is 1. The minimum Gasteiger partial charge on any atom is -0.266 e. The quantitative estimate of drug-likeness (QED) is 0.226. The van der Waals surface area contributed by atoms with E-state index in [1.165, 1.54) is 27.8 Å². The van der Waals surface area contributed by atoms with Crippen LogP contribution in [0.25, 0.3) is 5.57 Å². The van der Waals surface area contributed by atoms with Gasteiger partial charge >= 0.3 is 0 Å². The topological polar surface area (TPSA) is 12.4 Å². The van der Waals surface area contributed by atoms with E-state index in [1.807, 2.05) is 27.0 Å². The van der Waals surface area contributed by atoms with Crippen LogP contribution in [0.5, 0.6) is 0 Å². The predicted octanol–water partition coefficient (Wildman–Crippen LogP) is 9.89. The van der Waals surface area contributed by atoms with Crippen LogP contribution in [-0.4, -0.2) is 6.21 Å². The van der Waals surface area contributed by atoms with Gasteiger partial charge in [-0.25, -0.2) is 0 Å². The van der Waals surface area contributed by atoms with Gasteiger partial charge in [0.15, 0.2) is 0 Å². The van der Waals surface area contributed by atoms with Gasteiger partial charge in [0.2, 0.25) is 0 Å². The van der Waals surface area contributed by atoms with Gasteiger partial charge in [-0.2, -0.15) is 0 Å². The normalized spacial score (nSPS) is 12.9. The van der Waals surface area contributed by atoms with Crippen molar-refractivity contribution in [3.8, 4) is 12.3 Å². The van der Waals surface area contributed by atoms with Crippen molar-refractivity contribution in [1.82, 2.24) is 0 Å². The molecule has 0 fully saturated rings. The second-order valence-corrected chi connectivity index (χ2v) is 10.3. The number of allylic oxidation sites excluding steroid dienone is 4. The summed E-state index contributed by atoms with van der Waals surface area (Å²) in [6.45, 7) is 23.3. The first-order valence-electron chi connectivity index (χ1n) is 12.9. The van der Waals surface area contributed by atoms with Crippen LogP contribution in [0.3, 0.4) is 0 Å². The van der Waals surface area contributed by atoms with E-state index in [0.717, 1.165) is 23.6 Å². The largest absolute Gasteiger partial charge is 0.266 e. The smallest absolute Gasteiger partial charge is 0.0439 e. The highest BCUT2D eigenvalue weighted by Gasteiger charge is 2.08. The van der Waals surface area contributed by atoms with Crippen LogP contribution >= 0.6 is 0 Å². The molecular formula is C34H49N. The first-order valence-corrected chi connectivity index (χ1v) is 12.9. The molecule has 0 saturated carbocycles. The lowest BCUT2D eigenvalue weighted by molar-refractivity contribution is 0.647.